The molecule has 0 saturated heterocycles. The van der Waals surface area contributed by atoms with Crippen LogP contribution in [0.2, 0.25) is 0 Å². The Labute approximate surface area is 197 Å². The Balaban J connectivity index is 1.64. The van der Waals surface area contributed by atoms with Crippen LogP contribution in [0.25, 0.3) is 16.7 Å². The van der Waals surface area contributed by atoms with Gasteiger partial charge in [-0.05, 0) is 36.4 Å². The number of carbonyl (C=O) groups excluding carboxylic acids is 1. The number of alkyl halides is 3. The highest BCUT2D eigenvalue weighted by atomic mass is 19.4. The predicted molar refractivity (Wildman–Crippen MR) is 117 cm³/mol. The van der Waals surface area contributed by atoms with Crippen LogP contribution in [0.1, 0.15) is 26.4 Å². The number of carboxylic acid groups (broad SMARTS) is 2. The average molecular weight is 502 g/mol. The zero-order valence-corrected chi connectivity index (χ0v) is 17.6. The standard InChI is InChI=1S/C21H13F3N6O6/c22-21(23,24)11-5-12-13(27-16(19(34)35)17(31)28-12)6-14(11)30-7-15(25-8-30)29-20(36)26-10-3-1-9(2-4-10)18(32)33/h1-8H,(H,28,31)(H,32,33)(H,34,35)(H2,26,29,36). The highest BCUT2D eigenvalue weighted by molar-refractivity contribution is 5.99. The van der Waals surface area contributed by atoms with E-state index in [0.29, 0.717) is 6.07 Å². The average Bonchev–Trinajstić information content (AvgIpc) is 3.25. The second-order valence-corrected chi connectivity index (χ2v) is 7.23. The molecular formula is C21H13F3N6O6. The number of imidazole rings is 1. The number of halogens is 3. The number of amides is 2. The predicted octanol–water partition coefficient (Wildman–Crippen LogP) is 3.17. The summed E-state index contributed by atoms with van der Waals surface area (Å²) in [6, 6.07) is 5.96. The molecule has 0 aliphatic carbocycles. The van der Waals surface area contributed by atoms with Crippen LogP contribution < -0.4 is 16.2 Å². The lowest BCUT2D eigenvalue weighted by atomic mass is 10.1. The Morgan fingerprint density at radius 3 is 2.31 bits per heavy atom. The van der Waals surface area contributed by atoms with Crippen molar-refractivity contribution in [3.05, 3.63) is 76.1 Å². The van der Waals surface area contributed by atoms with Crippen LogP contribution in [0, 0.1) is 0 Å². The molecule has 4 rings (SSSR count). The van der Waals surface area contributed by atoms with E-state index in [1.54, 1.807) is 0 Å². The zero-order chi connectivity index (χ0) is 26.2. The Morgan fingerprint density at radius 2 is 1.69 bits per heavy atom. The lowest BCUT2D eigenvalue weighted by Crippen LogP contribution is -2.20. The van der Waals surface area contributed by atoms with E-state index in [1.165, 1.54) is 24.3 Å². The summed E-state index contributed by atoms with van der Waals surface area (Å²) in [6.07, 6.45) is -2.81. The minimum atomic E-state index is -4.87. The summed E-state index contributed by atoms with van der Waals surface area (Å²) in [5.41, 5.74) is -4.01. The van der Waals surface area contributed by atoms with Crippen molar-refractivity contribution in [3.8, 4) is 5.69 Å². The van der Waals surface area contributed by atoms with E-state index in [9.17, 15) is 32.3 Å². The van der Waals surface area contributed by atoms with Gasteiger partial charge in [0, 0.05) is 5.69 Å². The Kier molecular flexibility index (Phi) is 5.89. The first kappa shape index (κ1) is 23.9. The molecule has 0 radical (unpaired) electrons. The summed E-state index contributed by atoms with van der Waals surface area (Å²) >= 11 is 0. The number of carbonyl (C=O) groups is 3. The third-order valence-corrected chi connectivity index (χ3v) is 4.81. The zero-order valence-electron chi connectivity index (χ0n) is 17.6. The molecule has 12 nitrogen and oxygen atoms in total. The number of fused-ring (bicyclic) bond motifs is 1. The molecule has 2 aromatic carbocycles. The third-order valence-electron chi connectivity index (χ3n) is 4.81. The number of nitrogens with zero attached hydrogens (tertiary/aromatic N) is 3. The number of urea groups is 1. The SMILES string of the molecule is O=C(Nc1ccc(C(=O)O)cc1)Nc1cn(-c2cc3nc(C(=O)O)c(=O)[nH]c3cc2C(F)(F)F)cn1. The quantitative estimate of drug-likeness (QED) is 0.276. The van der Waals surface area contributed by atoms with Gasteiger partial charge >= 0.3 is 24.1 Å². The van der Waals surface area contributed by atoms with Crippen LogP contribution in [-0.4, -0.2) is 47.7 Å². The van der Waals surface area contributed by atoms with E-state index in [-0.39, 0.29) is 28.1 Å². The number of aromatic nitrogens is 4. The van der Waals surface area contributed by atoms with Crippen LogP contribution in [0.5, 0.6) is 0 Å². The van der Waals surface area contributed by atoms with Gasteiger partial charge in [-0.3, -0.25) is 10.1 Å². The first-order chi connectivity index (χ1) is 16.9. The molecule has 0 atom stereocenters. The summed E-state index contributed by atoms with van der Waals surface area (Å²) < 4.78 is 42.2. The molecule has 184 valence electrons. The summed E-state index contributed by atoms with van der Waals surface area (Å²) in [5.74, 6) is -2.94. The van der Waals surface area contributed by atoms with E-state index in [2.05, 4.69) is 25.6 Å². The number of aromatic amines is 1. The number of carboxylic acids is 2. The van der Waals surface area contributed by atoms with Crippen molar-refractivity contribution < 1.29 is 37.8 Å². The molecule has 0 unspecified atom stereocenters. The molecule has 15 heteroatoms. The number of aromatic carboxylic acids is 2. The molecule has 0 bridgehead atoms. The molecule has 0 aliphatic heterocycles. The minimum Gasteiger partial charge on any atom is -0.478 e. The monoisotopic (exact) mass is 502 g/mol. The van der Waals surface area contributed by atoms with Crippen molar-refractivity contribution in [1.29, 1.82) is 0 Å². The lowest BCUT2D eigenvalue weighted by molar-refractivity contribution is -0.137. The Hall–Kier alpha value is -5.21. The van der Waals surface area contributed by atoms with Gasteiger partial charge < -0.3 is 25.1 Å². The maximum atomic E-state index is 13.8. The number of anilines is 2. The Morgan fingerprint density at radius 1 is 1.00 bits per heavy atom. The number of rotatable bonds is 5. The van der Waals surface area contributed by atoms with E-state index >= 15 is 0 Å². The highest BCUT2D eigenvalue weighted by Gasteiger charge is 2.35. The van der Waals surface area contributed by atoms with Crippen molar-refractivity contribution >= 4 is 40.5 Å². The van der Waals surface area contributed by atoms with Crippen molar-refractivity contribution in [2.75, 3.05) is 10.6 Å². The molecule has 4 aromatic rings. The first-order valence-electron chi connectivity index (χ1n) is 9.76. The van der Waals surface area contributed by atoms with Crippen molar-refractivity contribution in [3.63, 3.8) is 0 Å². The minimum absolute atomic E-state index is 0.00426. The van der Waals surface area contributed by atoms with Gasteiger partial charge in [0.15, 0.2) is 5.82 Å². The fraction of sp³-hybridized carbons (Fsp3) is 0.0476. The lowest BCUT2D eigenvalue weighted by Gasteiger charge is -2.14. The molecular weight excluding hydrogens is 489 g/mol. The maximum Gasteiger partial charge on any atom is 0.418 e. The number of benzene rings is 2. The van der Waals surface area contributed by atoms with Gasteiger partial charge in [0.05, 0.1) is 34.0 Å². The van der Waals surface area contributed by atoms with Gasteiger partial charge in [-0.15, -0.1) is 0 Å². The first-order valence-corrected chi connectivity index (χ1v) is 9.76. The van der Waals surface area contributed by atoms with Crippen molar-refractivity contribution in [2.45, 2.75) is 6.18 Å². The summed E-state index contributed by atoms with van der Waals surface area (Å²) in [4.78, 5) is 55.7. The number of nitrogens with one attached hydrogen (secondary N) is 3. The van der Waals surface area contributed by atoms with Crippen molar-refractivity contribution in [1.82, 2.24) is 19.5 Å². The van der Waals surface area contributed by atoms with Crippen LogP contribution in [0.3, 0.4) is 0 Å². The van der Waals surface area contributed by atoms with Gasteiger partial charge in [0.1, 0.15) is 6.33 Å². The molecule has 2 aromatic heterocycles. The molecule has 0 fully saturated rings. The summed E-state index contributed by atoms with van der Waals surface area (Å²) in [7, 11) is 0. The largest absolute Gasteiger partial charge is 0.478 e. The molecule has 0 aliphatic rings. The molecule has 0 spiro atoms. The number of hydrogen-bond acceptors (Lipinski definition) is 6. The van der Waals surface area contributed by atoms with Crippen LogP contribution >= 0.6 is 0 Å². The topological polar surface area (TPSA) is 179 Å². The normalized spacial score (nSPS) is 11.3. The summed E-state index contributed by atoms with van der Waals surface area (Å²) in [5, 5.41) is 22.7. The third kappa shape index (κ3) is 4.84. The van der Waals surface area contributed by atoms with Crippen LogP contribution in [-0.2, 0) is 6.18 Å². The maximum absolute atomic E-state index is 13.8. The fourth-order valence-electron chi connectivity index (χ4n) is 3.20. The number of hydrogen-bond donors (Lipinski definition) is 5. The van der Waals surface area contributed by atoms with Crippen LogP contribution in [0.15, 0.2) is 53.7 Å². The molecule has 5 N–H and O–H groups in total. The van der Waals surface area contributed by atoms with Gasteiger partial charge in [-0.25, -0.2) is 24.4 Å². The second-order valence-electron chi connectivity index (χ2n) is 7.23. The van der Waals surface area contributed by atoms with E-state index < -0.39 is 46.7 Å². The fourth-order valence-corrected chi connectivity index (χ4v) is 3.20. The highest BCUT2D eigenvalue weighted by Crippen LogP contribution is 2.36. The summed E-state index contributed by atoms with van der Waals surface area (Å²) in [6.45, 7) is 0. The molecule has 0 saturated carbocycles. The smallest absolute Gasteiger partial charge is 0.418 e. The Bertz CT molecular complexity index is 1580. The molecule has 2 amide bonds. The van der Waals surface area contributed by atoms with Gasteiger partial charge in [-0.2, -0.15) is 13.2 Å². The van der Waals surface area contributed by atoms with Gasteiger partial charge in [0.25, 0.3) is 5.56 Å². The molecule has 36 heavy (non-hydrogen) atoms. The van der Waals surface area contributed by atoms with E-state index in [0.717, 1.165) is 23.2 Å². The van der Waals surface area contributed by atoms with E-state index in [4.69, 9.17) is 10.2 Å². The van der Waals surface area contributed by atoms with Crippen LogP contribution in [0.4, 0.5) is 29.5 Å². The van der Waals surface area contributed by atoms with Crippen molar-refractivity contribution in [2.24, 2.45) is 0 Å². The second kappa shape index (κ2) is 8.86. The van der Waals surface area contributed by atoms with Gasteiger partial charge in [0.2, 0.25) is 5.69 Å². The number of H-pyrrole nitrogens is 1. The van der Waals surface area contributed by atoms with Gasteiger partial charge in [-0.1, -0.05) is 0 Å². The van der Waals surface area contributed by atoms with E-state index in [1.807, 2.05) is 0 Å². The molecule has 2 heterocycles.